The van der Waals surface area contributed by atoms with Crippen LogP contribution < -0.4 is 15.6 Å². The zero-order valence-electron chi connectivity index (χ0n) is 16.2. The lowest BCUT2D eigenvalue weighted by Gasteiger charge is -2.08. The number of methoxy groups -OCH3 is 1. The summed E-state index contributed by atoms with van der Waals surface area (Å²) < 4.78 is 11.8. The lowest BCUT2D eigenvalue weighted by atomic mass is 10.1. The molecule has 30 heavy (non-hydrogen) atoms. The summed E-state index contributed by atoms with van der Waals surface area (Å²) in [4.78, 5) is 29.0. The maximum atomic E-state index is 12.4. The molecule has 0 unspecified atom stereocenters. The summed E-state index contributed by atoms with van der Waals surface area (Å²) >= 11 is 0. The van der Waals surface area contributed by atoms with E-state index in [4.69, 9.17) is 9.15 Å². The molecule has 4 aromatic rings. The third-order valence-corrected chi connectivity index (χ3v) is 4.50. The van der Waals surface area contributed by atoms with E-state index in [-0.39, 0.29) is 30.2 Å². The second-order valence-electron chi connectivity index (χ2n) is 6.43. The summed E-state index contributed by atoms with van der Waals surface area (Å²) in [6.45, 7) is 0.543. The number of aromatic nitrogens is 4. The molecule has 3 aromatic heterocycles. The summed E-state index contributed by atoms with van der Waals surface area (Å²) in [6.07, 6.45) is 3.01. The van der Waals surface area contributed by atoms with Gasteiger partial charge in [-0.2, -0.15) is 5.10 Å². The molecule has 0 aliphatic heterocycles. The Morgan fingerprint density at radius 1 is 1.23 bits per heavy atom. The summed E-state index contributed by atoms with van der Waals surface area (Å²) in [7, 11) is 1.59. The Balaban J connectivity index is 1.35. The first kappa shape index (κ1) is 19.2. The zero-order chi connectivity index (χ0) is 20.9. The van der Waals surface area contributed by atoms with Crippen LogP contribution in [0.5, 0.6) is 5.75 Å². The number of ether oxygens (including phenoxy) is 1. The smallest absolute Gasteiger partial charge is 0.271 e. The van der Waals surface area contributed by atoms with Crippen LogP contribution in [0.25, 0.3) is 22.7 Å². The van der Waals surface area contributed by atoms with Gasteiger partial charge < -0.3 is 14.5 Å². The first-order chi connectivity index (χ1) is 14.6. The largest absolute Gasteiger partial charge is 0.497 e. The SMILES string of the molecule is COc1ccc(-c2cc(=O)n(CCNC(=O)c3cc(-c4ccco4)[nH]n3)cn2)cc1. The molecule has 152 valence electrons. The van der Waals surface area contributed by atoms with Crippen molar-refractivity contribution in [3.05, 3.63) is 77.2 Å². The summed E-state index contributed by atoms with van der Waals surface area (Å²) in [5.41, 5.74) is 2.04. The van der Waals surface area contributed by atoms with E-state index >= 15 is 0 Å². The van der Waals surface area contributed by atoms with E-state index in [0.29, 0.717) is 17.1 Å². The molecule has 3 heterocycles. The quantitative estimate of drug-likeness (QED) is 0.488. The average Bonchev–Trinajstić information content (AvgIpc) is 3.47. The standard InChI is InChI=1S/C21H19N5O4/c1-29-15-6-4-14(5-7-15)16-12-20(27)26(13-23-16)9-8-22-21(28)18-11-17(24-25-18)19-3-2-10-30-19/h2-7,10-13H,8-9H2,1H3,(H,22,28)(H,24,25). The molecule has 0 atom stereocenters. The fourth-order valence-corrected chi connectivity index (χ4v) is 2.89. The number of furan rings is 1. The van der Waals surface area contributed by atoms with E-state index in [1.807, 2.05) is 24.3 Å². The summed E-state index contributed by atoms with van der Waals surface area (Å²) in [5.74, 6) is 0.979. The number of aromatic amines is 1. The van der Waals surface area contributed by atoms with Crippen LogP contribution in [0.1, 0.15) is 10.5 Å². The highest BCUT2D eigenvalue weighted by Crippen LogP contribution is 2.19. The van der Waals surface area contributed by atoms with Crippen LogP contribution in [-0.2, 0) is 6.54 Å². The minimum absolute atomic E-state index is 0.204. The molecule has 0 spiro atoms. The van der Waals surface area contributed by atoms with Crippen LogP contribution in [-0.4, -0.2) is 39.3 Å². The van der Waals surface area contributed by atoms with Crippen molar-refractivity contribution in [3.8, 4) is 28.5 Å². The van der Waals surface area contributed by atoms with Crippen molar-refractivity contribution in [3.63, 3.8) is 0 Å². The lowest BCUT2D eigenvalue weighted by Crippen LogP contribution is -2.31. The highest BCUT2D eigenvalue weighted by atomic mass is 16.5. The molecular formula is C21H19N5O4. The van der Waals surface area contributed by atoms with Crippen molar-refractivity contribution in [2.24, 2.45) is 0 Å². The highest BCUT2D eigenvalue weighted by Gasteiger charge is 2.12. The highest BCUT2D eigenvalue weighted by molar-refractivity contribution is 5.93. The number of carbonyl (C=O) groups excluding carboxylic acids is 1. The van der Waals surface area contributed by atoms with Crippen molar-refractivity contribution in [1.29, 1.82) is 0 Å². The van der Waals surface area contributed by atoms with Gasteiger partial charge in [-0.15, -0.1) is 0 Å². The number of carbonyl (C=O) groups is 1. The minimum Gasteiger partial charge on any atom is -0.497 e. The van der Waals surface area contributed by atoms with E-state index in [1.165, 1.54) is 17.0 Å². The van der Waals surface area contributed by atoms with E-state index in [2.05, 4.69) is 20.5 Å². The zero-order valence-corrected chi connectivity index (χ0v) is 16.2. The molecule has 0 saturated heterocycles. The van der Waals surface area contributed by atoms with Crippen LogP contribution in [0.3, 0.4) is 0 Å². The topological polar surface area (TPSA) is 115 Å². The third kappa shape index (κ3) is 4.14. The predicted octanol–water partition coefficient (Wildman–Crippen LogP) is 2.33. The maximum absolute atomic E-state index is 12.4. The van der Waals surface area contributed by atoms with Crippen molar-refractivity contribution >= 4 is 5.91 Å². The maximum Gasteiger partial charge on any atom is 0.271 e. The molecule has 9 nitrogen and oxygen atoms in total. The van der Waals surface area contributed by atoms with Gasteiger partial charge in [0.25, 0.3) is 11.5 Å². The number of hydrogen-bond donors (Lipinski definition) is 2. The van der Waals surface area contributed by atoms with Crippen molar-refractivity contribution in [1.82, 2.24) is 25.1 Å². The molecular weight excluding hydrogens is 386 g/mol. The van der Waals surface area contributed by atoms with Gasteiger partial charge in [-0.3, -0.25) is 19.3 Å². The summed E-state index contributed by atoms with van der Waals surface area (Å²) in [6, 6.07) is 13.9. The fourth-order valence-electron chi connectivity index (χ4n) is 2.89. The van der Waals surface area contributed by atoms with Gasteiger partial charge >= 0.3 is 0 Å². The first-order valence-electron chi connectivity index (χ1n) is 9.22. The van der Waals surface area contributed by atoms with E-state index in [9.17, 15) is 9.59 Å². The molecule has 1 aromatic carbocycles. The van der Waals surface area contributed by atoms with Gasteiger partial charge in [-0.25, -0.2) is 4.98 Å². The second-order valence-corrected chi connectivity index (χ2v) is 6.43. The third-order valence-electron chi connectivity index (χ3n) is 4.50. The van der Waals surface area contributed by atoms with Crippen LogP contribution >= 0.6 is 0 Å². The number of hydrogen-bond acceptors (Lipinski definition) is 6. The molecule has 0 saturated carbocycles. The van der Waals surface area contributed by atoms with Gasteiger partial charge in [0.1, 0.15) is 11.4 Å². The Labute approximate surface area is 171 Å². The van der Waals surface area contributed by atoms with Gasteiger partial charge in [0.05, 0.1) is 25.4 Å². The van der Waals surface area contributed by atoms with Crippen LogP contribution in [0, 0.1) is 0 Å². The number of nitrogens with one attached hydrogen (secondary N) is 2. The number of amides is 1. The summed E-state index contributed by atoms with van der Waals surface area (Å²) in [5, 5.41) is 9.48. The Hall–Kier alpha value is -4.14. The molecule has 0 aliphatic rings. The van der Waals surface area contributed by atoms with Gasteiger partial charge in [0, 0.05) is 30.8 Å². The number of rotatable bonds is 7. The molecule has 0 fully saturated rings. The average molecular weight is 405 g/mol. The van der Waals surface area contributed by atoms with E-state index in [0.717, 1.165) is 11.3 Å². The van der Waals surface area contributed by atoms with Gasteiger partial charge in [0.15, 0.2) is 11.5 Å². The minimum atomic E-state index is -0.347. The molecule has 2 N–H and O–H groups in total. The molecule has 9 heteroatoms. The molecule has 1 amide bonds. The number of H-pyrrole nitrogens is 1. The molecule has 4 rings (SSSR count). The predicted molar refractivity (Wildman–Crippen MR) is 109 cm³/mol. The van der Waals surface area contributed by atoms with Crippen LogP contribution in [0.2, 0.25) is 0 Å². The van der Waals surface area contributed by atoms with Crippen LogP contribution in [0.15, 0.2) is 70.3 Å². The Morgan fingerprint density at radius 3 is 2.77 bits per heavy atom. The molecule has 0 radical (unpaired) electrons. The number of benzene rings is 1. The van der Waals surface area contributed by atoms with Gasteiger partial charge in [-0.05, 0) is 36.4 Å². The second kappa shape index (κ2) is 8.48. The fraction of sp³-hybridized carbons (Fsp3) is 0.143. The Morgan fingerprint density at radius 2 is 2.07 bits per heavy atom. The molecule has 0 aliphatic carbocycles. The lowest BCUT2D eigenvalue weighted by molar-refractivity contribution is 0.0947. The van der Waals surface area contributed by atoms with Crippen LogP contribution in [0.4, 0.5) is 0 Å². The monoisotopic (exact) mass is 405 g/mol. The Kier molecular flexibility index (Phi) is 5.42. The van der Waals surface area contributed by atoms with Gasteiger partial charge in [0.2, 0.25) is 0 Å². The van der Waals surface area contributed by atoms with E-state index in [1.54, 1.807) is 31.6 Å². The molecule has 0 bridgehead atoms. The van der Waals surface area contributed by atoms with Gasteiger partial charge in [-0.1, -0.05) is 0 Å². The Bertz CT molecular complexity index is 1190. The first-order valence-corrected chi connectivity index (χ1v) is 9.22. The van der Waals surface area contributed by atoms with Crippen molar-refractivity contribution in [2.45, 2.75) is 6.54 Å². The van der Waals surface area contributed by atoms with Crippen molar-refractivity contribution < 1.29 is 13.9 Å². The van der Waals surface area contributed by atoms with Crippen molar-refractivity contribution in [2.75, 3.05) is 13.7 Å². The number of nitrogens with zero attached hydrogens (tertiary/aromatic N) is 3. The van der Waals surface area contributed by atoms with E-state index < -0.39 is 0 Å². The normalized spacial score (nSPS) is 10.7.